The first-order chi connectivity index (χ1) is 8.52. The zero-order chi connectivity index (χ0) is 13.3. The molecule has 0 N–H and O–H groups in total. The summed E-state index contributed by atoms with van der Waals surface area (Å²) in [6.45, 7) is 6.11. The molecule has 1 aromatic rings. The summed E-state index contributed by atoms with van der Waals surface area (Å²) in [6, 6.07) is 10.0. The predicted molar refractivity (Wildman–Crippen MR) is 69.8 cm³/mol. The van der Waals surface area contributed by atoms with Gasteiger partial charge >= 0.3 is 0 Å². The number of rotatable bonds is 3. The molecule has 0 bridgehead atoms. The normalized spacial score (nSPS) is 27.6. The molecule has 3 heteroatoms. The number of benzene rings is 1. The molecule has 1 saturated heterocycles. The fourth-order valence-corrected chi connectivity index (χ4v) is 2.71. The quantitative estimate of drug-likeness (QED) is 0.766. The van der Waals surface area contributed by atoms with E-state index in [1.54, 1.807) is 0 Å². The second-order valence-electron chi connectivity index (χ2n) is 5.14. The summed E-state index contributed by atoms with van der Waals surface area (Å²) in [5.74, 6) is -0.399. The van der Waals surface area contributed by atoms with E-state index in [2.05, 4.69) is 0 Å². The zero-order valence-electron chi connectivity index (χ0n) is 11.1. The highest BCUT2D eigenvalue weighted by Crippen LogP contribution is 2.32. The van der Waals surface area contributed by atoms with Gasteiger partial charge in [-0.05, 0) is 25.3 Å². The van der Waals surface area contributed by atoms with Gasteiger partial charge in [0.05, 0.1) is 0 Å². The Hall–Kier alpha value is -1.64. The minimum atomic E-state index is -0.455. The molecule has 0 saturated carbocycles. The van der Waals surface area contributed by atoms with Gasteiger partial charge in [-0.2, -0.15) is 0 Å². The van der Waals surface area contributed by atoms with Crippen LogP contribution >= 0.6 is 0 Å². The summed E-state index contributed by atoms with van der Waals surface area (Å²) in [5, 5.41) is 0. The van der Waals surface area contributed by atoms with Crippen molar-refractivity contribution >= 4 is 11.7 Å². The van der Waals surface area contributed by atoms with Crippen molar-refractivity contribution < 1.29 is 9.59 Å². The minimum absolute atomic E-state index is 0.0186. The lowest BCUT2D eigenvalue weighted by atomic mass is 9.90. The lowest BCUT2D eigenvalue weighted by molar-refractivity contribution is -0.137. The van der Waals surface area contributed by atoms with E-state index < -0.39 is 5.92 Å². The Labute approximate surface area is 108 Å². The van der Waals surface area contributed by atoms with Crippen molar-refractivity contribution in [3.05, 3.63) is 35.9 Å². The average Bonchev–Trinajstić information content (AvgIpc) is 2.55. The number of ketones is 1. The van der Waals surface area contributed by atoms with Gasteiger partial charge in [0.2, 0.25) is 5.91 Å². The van der Waals surface area contributed by atoms with Crippen molar-refractivity contribution in [1.82, 2.24) is 4.90 Å². The lowest BCUT2D eigenvalue weighted by Gasteiger charge is -2.23. The number of hydrogen-bond donors (Lipinski definition) is 0. The molecule has 0 radical (unpaired) electrons. The molecule has 0 spiro atoms. The first kappa shape index (κ1) is 12.8. The van der Waals surface area contributed by atoms with E-state index in [9.17, 15) is 9.59 Å². The number of amides is 1. The van der Waals surface area contributed by atoms with Gasteiger partial charge in [0.25, 0.3) is 0 Å². The van der Waals surface area contributed by atoms with Gasteiger partial charge in [-0.3, -0.25) is 9.59 Å². The third-order valence-electron chi connectivity index (χ3n) is 3.96. The molecule has 0 aromatic heterocycles. The molecule has 1 aliphatic rings. The van der Waals surface area contributed by atoms with Crippen LogP contribution < -0.4 is 0 Å². The Kier molecular flexibility index (Phi) is 3.50. The molecule has 1 aliphatic heterocycles. The second-order valence-corrected chi connectivity index (χ2v) is 5.14. The van der Waals surface area contributed by atoms with Crippen LogP contribution in [0.2, 0.25) is 0 Å². The van der Waals surface area contributed by atoms with Crippen molar-refractivity contribution in [1.29, 1.82) is 0 Å². The van der Waals surface area contributed by atoms with Gasteiger partial charge < -0.3 is 4.90 Å². The molecule has 1 amide bonds. The molecule has 2 rings (SSSR count). The Morgan fingerprint density at radius 1 is 1.22 bits per heavy atom. The van der Waals surface area contributed by atoms with E-state index in [1.165, 1.54) is 6.92 Å². The lowest BCUT2D eigenvalue weighted by Crippen LogP contribution is -2.32. The monoisotopic (exact) mass is 245 g/mol. The van der Waals surface area contributed by atoms with Crippen LogP contribution in [0.4, 0.5) is 0 Å². The SMILES string of the molecule is CC(=O)[C@H]1C(=O)N(Cc2ccccc2)[C@@H](C)[C@@H]1C. The standard InChI is InChI=1S/C15H19NO2/c1-10-11(2)16(15(18)14(10)12(3)17)9-13-7-5-4-6-8-13/h4-8,10-11,14H,9H2,1-3H3/t10-,11-,14-/m0/s1. The fraction of sp³-hybridized carbons (Fsp3) is 0.467. The molecular weight excluding hydrogens is 226 g/mol. The highest BCUT2D eigenvalue weighted by molar-refractivity contribution is 6.02. The highest BCUT2D eigenvalue weighted by atomic mass is 16.2. The van der Waals surface area contributed by atoms with Crippen LogP contribution in [0, 0.1) is 11.8 Å². The molecule has 3 nitrogen and oxygen atoms in total. The van der Waals surface area contributed by atoms with Gasteiger partial charge in [0.1, 0.15) is 11.7 Å². The minimum Gasteiger partial charge on any atom is -0.335 e. The first-order valence-electron chi connectivity index (χ1n) is 6.37. The van der Waals surface area contributed by atoms with Gasteiger partial charge in [-0.25, -0.2) is 0 Å². The zero-order valence-corrected chi connectivity index (χ0v) is 11.1. The van der Waals surface area contributed by atoms with Gasteiger partial charge in [0, 0.05) is 12.6 Å². The number of likely N-dealkylation sites (tertiary alicyclic amines) is 1. The van der Waals surface area contributed by atoms with Crippen LogP contribution in [0.1, 0.15) is 26.3 Å². The van der Waals surface area contributed by atoms with Crippen molar-refractivity contribution in [2.45, 2.75) is 33.4 Å². The van der Waals surface area contributed by atoms with Crippen LogP contribution in [0.15, 0.2) is 30.3 Å². The maximum absolute atomic E-state index is 12.3. The van der Waals surface area contributed by atoms with Crippen molar-refractivity contribution in [2.24, 2.45) is 11.8 Å². The van der Waals surface area contributed by atoms with E-state index in [1.807, 2.05) is 49.1 Å². The number of carbonyl (C=O) groups excluding carboxylic acids is 2. The van der Waals surface area contributed by atoms with Crippen LogP contribution in [-0.2, 0) is 16.1 Å². The number of Topliss-reactive ketones (excluding diaryl/α,β-unsaturated/α-hetero) is 1. The third kappa shape index (κ3) is 2.17. The van der Waals surface area contributed by atoms with Crippen LogP contribution in [0.5, 0.6) is 0 Å². The summed E-state index contributed by atoms with van der Waals surface area (Å²) < 4.78 is 0. The molecular formula is C15H19NO2. The van der Waals surface area contributed by atoms with Crippen molar-refractivity contribution in [3.63, 3.8) is 0 Å². The van der Waals surface area contributed by atoms with Crippen LogP contribution in [0.3, 0.4) is 0 Å². The van der Waals surface area contributed by atoms with E-state index in [-0.39, 0.29) is 23.7 Å². The predicted octanol–water partition coefficient (Wildman–Crippen LogP) is 2.26. The summed E-state index contributed by atoms with van der Waals surface area (Å²) in [6.07, 6.45) is 0. The smallest absolute Gasteiger partial charge is 0.234 e. The van der Waals surface area contributed by atoms with Crippen molar-refractivity contribution in [3.8, 4) is 0 Å². The van der Waals surface area contributed by atoms with Gasteiger partial charge in [-0.15, -0.1) is 0 Å². The first-order valence-corrected chi connectivity index (χ1v) is 6.37. The van der Waals surface area contributed by atoms with Crippen molar-refractivity contribution in [2.75, 3.05) is 0 Å². The topological polar surface area (TPSA) is 37.4 Å². The Morgan fingerprint density at radius 3 is 2.33 bits per heavy atom. The van der Waals surface area contributed by atoms with Gasteiger partial charge in [0.15, 0.2) is 0 Å². The maximum Gasteiger partial charge on any atom is 0.234 e. The largest absolute Gasteiger partial charge is 0.335 e. The molecule has 1 aromatic carbocycles. The molecule has 1 heterocycles. The summed E-state index contributed by atoms with van der Waals surface area (Å²) in [4.78, 5) is 25.7. The van der Waals surface area contributed by atoms with E-state index >= 15 is 0 Å². The summed E-state index contributed by atoms with van der Waals surface area (Å²) >= 11 is 0. The molecule has 1 fully saturated rings. The summed E-state index contributed by atoms with van der Waals surface area (Å²) in [5.41, 5.74) is 1.11. The van der Waals surface area contributed by atoms with E-state index in [4.69, 9.17) is 0 Å². The van der Waals surface area contributed by atoms with Crippen LogP contribution in [0.25, 0.3) is 0 Å². The highest BCUT2D eigenvalue weighted by Gasteiger charge is 2.45. The Bertz CT molecular complexity index is 455. The molecule has 96 valence electrons. The maximum atomic E-state index is 12.3. The van der Waals surface area contributed by atoms with E-state index in [0.29, 0.717) is 6.54 Å². The molecule has 0 unspecified atom stereocenters. The molecule has 18 heavy (non-hydrogen) atoms. The Balaban J connectivity index is 2.19. The molecule has 0 aliphatic carbocycles. The fourth-order valence-electron chi connectivity index (χ4n) is 2.71. The second kappa shape index (κ2) is 4.92. The van der Waals surface area contributed by atoms with E-state index in [0.717, 1.165) is 5.56 Å². The number of hydrogen-bond acceptors (Lipinski definition) is 2. The summed E-state index contributed by atoms with van der Waals surface area (Å²) in [7, 11) is 0. The van der Waals surface area contributed by atoms with Gasteiger partial charge in [-0.1, -0.05) is 37.3 Å². The third-order valence-corrected chi connectivity index (χ3v) is 3.96. The average molecular weight is 245 g/mol. The molecule has 3 atom stereocenters. The number of carbonyl (C=O) groups is 2. The van der Waals surface area contributed by atoms with Crippen LogP contribution in [-0.4, -0.2) is 22.6 Å². The Morgan fingerprint density at radius 2 is 1.83 bits per heavy atom. The number of nitrogens with zero attached hydrogens (tertiary/aromatic N) is 1.